The highest BCUT2D eigenvalue weighted by Crippen LogP contribution is 2.25. The van der Waals surface area contributed by atoms with E-state index in [0.717, 1.165) is 0 Å². The average Bonchev–Trinajstić information content (AvgIpc) is 2.85. The van der Waals surface area contributed by atoms with E-state index in [0.29, 0.717) is 28.3 Å². The topological polar surface area (TPSA) is 82.5 Å². The van der Waals surface area contributed by atoms with E-state index >= 15 is 0 Å². The number of nitrogens with one attached hydrogen (secondary N) is 1. The minimum absolute atomic E-state index is 0.261. The Morgan fingerprint density at radius 3 is 2.71 bits per heavy atom. The number of ether oxygens (including phenoxy) is 2. The fourth-order valence-corrected chi connectivity index (χ4v) is 2.40. The van der Waals surface area contributed by atoms with Crippen LogP contribution in [-0.4, -0.2) is 40.9 Å². The molecule has 0 saturated carbocycles. The monoisotopic (exact) mass is 353 g/mol. The molecule has 2 aromatic heterocycles. The summed E-state index contributed by atoms with van der Waals surface area (Å²) in [5.41, 5.74) is 0.296. The van der Waals surface area contributed by atoms with Crippen LogP contribution in [0.3, 0.4) is 0 Å². The minimum atomic E-state index is -0.573. The molecule has 0 saturated heterocycles. The van der Waals surface area contributed by atoms with Crippen molar-refractivity contribution in [2.24, 2.45) is 0 Å². The van der Waals surface area contributed by atoms with E-state index in [1.165, 1.54) is 7.11 Å². The molecule has 0 radical (unpaired) electrons. The summed E-state index contributed by atoms with van der Waals surface area (Å²) in [6, 6.07) is 3.28. The van der Waals surface area contributed by atoms with Gasteiger partial charge in [-0.1, -0.05) is 11.6 Å². The summed E-state index contributed by atoms with van der Waals surface area (Å²) in [4.78, 5) is 27.9. The minimum Gasteiger partial charge on any atom is -0.464 e. The average molecular weight is 354 g/mol. The van der Waals surface area contributed by atoms with Crippen molar-refractivity contribution in [2.45, 2.75) is 32.9 Å². The Hall–Kier alpha value is -2.28. The first-order valence-corrected chi connectivity index (χ1v) is 7.79. The quantitative estimate of drug-likeness (QED) is 0.854. The normalized spacial score (nSPS) is 11.4. The molecule has 0 bridgehead atoms. The molecule has 0 spiro atoms. The van der Waals surface area contributed by atoms with Gasteiger partial charge in [0.1, 0.15) is 16.9 Å². The first kappa shape index (κ1) is 18.1. The number of alkyl carbamates (subject to hydrolysis) is 1. The predicted molar refractivity (Wildman–Crippen MR) is 90.3 cm³/mol. The van der Waals surface area contributed by atoms with Gasteiger partial charge >= 0.3 is 12.1 Å². The van der Waals surface area contributed by atoms with Gasteiger partial charge in [-0.3, -0.25) is 0 Å². The van der Waals surface area contributed by atoms with E-state index in [2.05, 4.69) is 10.3 Å². The number of carbonyl (C=O) groups is 2. The van der Waals surface area contributed by atoms with Crippen LogP contribution >= 0.6 is 11.6 Å². The zero-order valence-corrected chi connectivity index (χ0v) is 14.8. The van der Waals surface area contributed by atoms with Crippen LogP contribution in [-0.2, 0) is 16.0 Å². The van der Waals surface area contributed by atoms with Gasteiger partial charge in [-0.05, 0) is 32.9 Å². The van der Waals surface area contributed by atoms with Crippen LogP contribution in [0, 0.1) is 0 Å². The number of nitrogens with zero attached hydrogens (tertiary/aromatic N) is 2. The Morgan fingerprint density at radius 2 is 2.08 bits per heavy atom. The Kier molecular flexibility index (Phi) is 5.33. The Labute approximate surface area is 144 Å². The van der Waals surface area contributed by atoms with Gasteiger partial charge in [0.2, 0.25) is 0 Å². The van der Waals surface area contributed by atoms with E-state index in [1.54, 1.807) is 43.7 Å². The highest BCUT2D eigenvalue weighted by atomic mass is 35.5. The van der Waals surface area contributed by atoms with Crippen LogP contribution < -0.4 is 5.32 Å². The summed E-state index contributed by atoms with van der Waals surface area (Å²) in [5, 5.41) is 3.79. The lowest BCUT2D eigenvalue weighted by Crippen LogP contribution is -2.34. The van der Waals surface area contributed by atoms with Gasteiger partial charge in [-0.25, -0.2) is 14.6 Å². The first-order chi connectivity index (χ1) is 11.2. The van der Waals surface area contributed by atoms with Crippen molar-refractivity contribution in [3.8, 4) is 0 Å². The number of esters is 1. The largest absolute Gasteiger partial charge is 0.464 e. The lowest BCUT2D eigenvalue weighted by atomic mass is 10.2. The van der Waals surface area contributed by atoms with Crippen LogP contribution in [0.25, 0.3) is 11.0 Å². The number of aromatic nitrogens is 2. The van der Waals surface area contributed by atoms with Gasteiger partial charge in [0.15, 0.2) is 0 Å². The van der Waals surface area contributed by atoms with Crippen molar-refractivity contribution in [3.63, 3.8) is 0 Å². The molecule has 7 nitrogen and oxygen atoms in total. The smallest absolute Gasteiger partial charge is 0.407 e. The van der Waals surface area contributed by atoms with Crippen molar-refractivity contribution in [3.05, 3.63) is 29.0 Å². The first-order valence-electron chi connectivity index (χ1n) is 7.42. The van der Waals surface area contributed by atoms with E-state index in [9.17, 15) is 9.59 Å². The van der Waals surface area contributed by atoms with Gasteiger partial charge in [0.25, 0.3) is 0 Å². The zero-order valence-electron chi connectivity index (χ0n) is 14.1. The van der Waals surface area contributed by atoms with Gasteiger partial charge in [0.05, 0.1) is 12.1 Å². The molecular formula is C16H20ClN3O4. The summed E-state index contributed by atoms with van der Waals surface area (Å²) < 4.78 is 11.6. The van der Waals surface area contributed by atoms with Gasteiger partial charge in [0, 0.05) is 24.7 Å². The standard InChI is InChI=1S/C16H20ClN3O4/c1-16(2,3)24-15(22)19-7-8-20-12(14(21)23-4)9-10-11(17)5-6-18-13(10)20/h5-6,9H,7-8H2,1-4H3,(H,19,22). The summed E-state index contributed by atoms with van der Waals surface area (Å²) in [6.45, 7) is 5.94. The number of methoxy groups -OCH3 is 1. The molecule has 2 rings (SSSR count). The number of pyridine rings is 1. The number of halogens is 1. The number of rotatable bonds is 4. The highest BCUT2D eigenvalue weighted by molar-refractivity contribution is 6.35. The van der Waals surface area contributed by atoms with Crippen LogP contribution in [0.15, 0.2) is 18.3 Å². The SMILES string of the molecule is COC(=O)c1cc2c(Cl)ccnc2n1CCNC(=O)OC(C)(C)C. The second-order valence-corrected chi connectivity index (χ2v) is 6.54. The maximum atomic E-state index is 12.0. The summed E-state index contributed by atoms with van der Waals surface area (Å²) in [6.07, 6.45) is 1.04. The molecule has 0 fully saturated rings. The van der Waals surface area contributed by atoms with Crippen molar-refractivity contribution >= 4 is 34.7 Å². The second kappa shape index (κ2) is 7.09. The zero-order chi connectivity index (χ0) is 17.9. The number of carbonyl (C=O) groups excluding carboxylic acids is 2. The molecule has 0 aliphatic carbocycles. The van der Waals surface area contributed by atoms with Crippen LogP contribution in [0.5, 0.6) is 0 Å². The van der Waals surface area contributed by atoms with Gasteiger partial charge in [-0.2, -0.15) is 0 Å². The molecule has 1 amide bonds. The Morgan fingerprint density at radius 1 is 1.38 bits per heavy atom. The third-order valence-corrected chi connectivity index (χ3v) is 3.47. The predicted octanol–water partition coefficient (Wildman–Crippen LogP) is 3.00. The molecule has 0 aromatic carbocycles. The number of hydrogen-bond donors (Lipinski definition) is 1. The van der Waals surface area contributed by atoms with Crippen molar-refractivity contribution in [1.29, 1.82) is 0 Å². The van der Waals surface area contributed by atoms with Crippen LogP contribution in [0.4, 0.5) is 4.79 Å². The molecule has 8 heteroatoms. The van der Waals surface area contributed by atoms with Gasteiger partial charge < -0.3 is 19.4 Å². The maximum Gasteiger partial charge on any atom is 0.407 e. The van der Waals surface area contributed by atoms with E-state index in [4.69, 9.17) is 21.1 Å². The van der Waals surface area contributed by atoms with Crippen LogP contribution in [0.1, 0.15) is 31.3 Å². The molecule has 2 heterocycles. The highest BCUT2D eigenvalue weighted by Gasteiger charge is 2.19. The molecule has 0 aliphatic rings. The van der Waals surface area contributed by atoms with Crippen molar-refractivity contribution in [1.82, 2.24) is 14.9 Å². The summed E-state index contributed by atoms with van der Waals surface area (Å²) in [5.74, 6) is -0.499. The Bertz CT molecular complexity index is 765. The van der Waals surface area contributed by atoms with Crippen LogP contribution in [0.2, 0.25) is 5.02 Å². The fourth-order valence-electron chi connectivity index (χ4n) is 2.20. The molecule has 2 aromatic rings. The summed E-state index contributed by atoms with van der Waals surface area (Å²) in [7, 11) is 1.30. The number of hydrogen-bond acceptors (Lipinski definition) is 5. The molecule has 1 N–H and O–H groups in total. The molecule has 130 valence electrons. The van der Waals surface area contributed by atoms with E-state index in [-0.39, 0.29) is 6.54 Å². The molecule has 0 unspecified atom stereocenters. The molecule has 0 atom stereocenters. The van der Waals surface area contributed by atoms with E-state index < -0.39 is 17.7 Å². The third kappa shape index (κ3) is 4.17. The van der Waals surface area contributed by atoms with Crippen molar-refractivity contribution < 1.29 is 19.1 Å². The summed E-state index contributed by atoms with van der Waals surface area (Å²) >= 11 is 6.15. The van der Waals surface area contributed by atoms with Crippen molar-refractivity contribution in [2.75, 3.05) is 13.7 Å². The number of fused-ring (bicyclic) bond motifs is 1. The van der Waals surface area contributed by atoms with E-state index in [1.807, 2.05) is 0 Å². The molecule has 24 heavy (non-hydrogen) atoms. The second-order valence-electron chi connectivity index (χ2n) is 6.13. The third-order valence-electron chi connectivity index (χ3n) is 3.14. The molecule has 0 aliphatic heterocycles. The number of amides is 1. The lowest BCUT2D eigenvalue weighted by molar-refractivity contribution is 0.0526. The Balaban J connectivity index is 2.20. The molecular weight excluding hydrogens is 334 g/mol. The fraction of sp³-hybridized carbons (Fsp3) is 0.438. The maximum absolute atomic E-state index is 12.0. The van der Waals surface area contributed by atoms with Gasteiger partial charge in [-0.15, -0.1) is 0 Å². The lowest BCUT2D eigenvalue weighted by Gasteiger charge is -2.19.